The van der Waals surface area contributed by atoms with Crippen LogP contribution in [0.25, 0.3) is 0 Å². The maximum Gasteiger partial charge on any atom is 0.310 e. The molecule has 1 unspecified atom stereocenters. The predicted octanol–water partition coefficient (Wildman–Crippen LogP) is 6.41. The van der Waals surface area contributed by atoms with Gasteiger partial charge in [0.1, 0.15) is 23.7 Å². The Morgan fingerprint density at radius 2 is 1.84 bits per heavy atom. The fraction of sp³-hybridized carbons (Fsp3) is 0.519. The van der Waals surface area contributed by atoms with E-state index in [1.54, 1.807) is 0 Å². The largest absolute Gasteiger partial charge is 0.488 e. The summed E-state index contributed by atoms with van der Waals surface area (Å²) in [5.41, 5.74) is 4.77. The van der Waals surface area contributed by atoms with Crippen LogP contribution in [-0.2, 0) is 17.8 Å². The van der Waals surface area contributed by atoms with Crippen LogP contribution in [0.15, 0.2) is 30.3 Å². The van der Waals surface area contributed by atoms with Crippen molar-refractivity contribution in [2.75, 3.05) is 0 Å². The van der Waals surface area contributed by atoms with Gasteiger partial charge in [-0.2, -0.15) is 0 Å². The Kier molecular flexibility index (Phi) is 6.98. The van der Waals surface area contributed by atoms with Crippen molar-refractivity contribution >= 4 is 5.97 Å². The molecule has 1 N–H and O–H groups in total. The predicted molar refractivity (Wildman–Crippen MR) is 124 cm³/mol. The van der Waals surface area contributed by atoms with Gasteiger partial charge in [0.25, 0.3) is 0 Å². The van der Waals surface area contributed by atoms with Gasteiger partial charge >= 0.3 is 5.97 Å². The first-order chi connectivity index (χ1) is 14.7. The molecular formula is C27H36O4. The Labute approximate surface area is 186 Å². The van der Waals surface area contributed by atoms with Crippen LogP contribution in [-0.4, -0.2) is 16.7 Å². The van der Waals surface area contributed by atoms with Crippen LogP contribution in [0.5, 0.6) is 11.5 Å². The fourth-order valence-electron chi connectivity index (χ4n) is 5.15. The van der Waals surface area contributed by atoms with Gasteiger partial charge < -0.3 is 14.6 Å². The molecule has 1 aliphatic rings. The van der Waals surface area contributed by atoms with E-state index in [1.165, 1.54) is 0 Å². The van der Waals surface area contributed by atoms with E-state index in [9.17, 15) is 9.90 Å². The first-order valence-electron chi connectivity index (χ1n) is 11.4. The first kappa shape index (κ1) is 23.2. The lowest BCUT2D eigenvalue weighted by Crippen LogP contribution is -2.50. The van der Waals surface area contributed by atoms with Crippen molar-refractivity contribution in [1.82, 2.24) is 0 Å². The number of carboxylic acids is 1. The minimum atomic E-state index is -0.763. The topological polar surface area (TPSA) is 55.8 Å². The molecule has 0 aliphatic carbocycles. The van der Waals surface area contributed by atoms with Crippen LogP contribution in [0.4, 0.5) is 0 Å². The van der Waals surface area contributed by atoms with Crippen LogP contribution >= 0.6 is 0 Å². The molecule has 4 nitrogen and oxygen atoms in total. The highest BCUT2D eigenvalue weighted by molar-refractivity contribution is 5.72. The molecular weight excluding hydrogens is 388 g/mol. The van der Waals surface area contributed by atoms with Gasteiger partial charge in [0.05, 0.1) is 5.92 Å². The van der Waals surface area contributed by atoms with Crippen molar-refractivity contribution in [2.45, 2.75) is 79.4 Å². The smallest absolute Gasteiger partial charge is 0.310 e. The molecule has 1 aliphatic heterocycles. The Balaban J connectivity index is 1.93. The summed E-state index contributed by atoms with van der Waals surface area (Å²) in [6, 6.07) is 10.2. The molecule has 168 valence electrons. The summed E-state index contributed by atoms with van der Waals surface area (Å²) < 4.78 is 12.8. The summed E-state index contributed by atoms with van der Waals surface area (Å²) >= 11 is 0. The van der Waals surface area contributed by atoms with Gasteiger partial charge in [-0.15, -0.1) is 0 Å². The first-order valence-corrected chi connectivity index (χ1v) is 11.4. The lowest BCUT2D eigenvalue weighted by Gasteiger charge is -2.43. The molecule has 0 bridgehead atoms. The molecule has 0 fully saturated rings. The molecule has 31 heavy (non-hydrogen) atoms. The molecule has 0 radical (unpaired) electrons. The number of rotatable bonds is 8. The van der Waals surface area contributed by atoms with E-state index in [0.717, 1.165) is 58.6 Å². The Bertz CT molecular complexity index is 934. The van der Waals surface area contributed by atoms with Crippen LogP contribution in [0.1, 0.15) is 67.9 Å². The standard InChI is InChI=1S/C27H36O4/c1-7-11-17(2)23(26(28)29)27(6)15-14-22-20(5)24(18(3)19(4)25(22)31-27)30-16-21-12-9-8-10-13-21/h8-10,12-13,17,23H,7,11,14-16H2,1-6H3,(H,28,29)/t17-,23-,27?/m0/s1. The van der Waals surface area contributed by atoms with Crippen molar-refractivity contribution in [3.05, 3.63) is 58.1 Å². The summed E-state index contributed by atoms with van der Waals surface area (Å²) in [6.45, 7) is 12.8. The number of carbonyl (C=O) groups is 1. The second kappa shape index (κ2) is 9.33. The molecule has 3 atom stereocenters. The monoisotopic (exact) mass is 424 g/mol. The Morgan fingerprint density at radius 3 is 2.45 bits per heavy atom. The molecule has 2 aromatic rings. The average molecular weight is 425 g/mol. The van der Waals surface area contributed by atoms with Crippen LogP contribution in [0.3, 0.4) is 0 Å². The van der Waals surface area contributed by atoms with Crippen molar-refractivity contribution in [3.8, 4) is 11.5 Å². The van der Waals surface area contributed by atoms with Crippen LogP contribution in [0, 0.1) is 32.6 Å². The lowest BCUT2D eigenvalue weighted by molar-refractivity contribution is -0.154. The summed E-state index contributed by atoms with van der Waals surface area (Å²) in [6.07, 6.45) is 3.33. The lowest BCUT2D eigenvalue weighted by atomic mass is 9.73. The molecule has 0 saturated heterocycles. The number of aliphatic carboxylic acids is 1. The van der Waals surface area contributed by atoms with Gasteiger partial charge in [-0.3, -0.25) is 4.79 Å². The molecule has 0 saturated carbocycles. The summed E-state index contributed by atoms with van der Waals surface area (Å²) in [5, 5.41) is 10.0. The van der Waals surface area contributed by atoms with E-state index >= 15 is 0 Å². The average Bonchev–Trinajstić information content (AvgIpc) is 2.72. The minimum Gasteiger partial charge on any atom is -0.488 e. The van der Waals surface area contributed by atoms with Crippen molar-refractivity contribution in [3.63, 3.8) is 0 Å². The third kappa shape index (κ3) is 4.58. The quantitative estimate of drug-likeness (QED) is 0.532. The summed E-state index contributed by atoms with van der Waals surface area (Å²) in [5.74, 6) is 0.535. The van der Waals surface area contributed by atoms with Crippen molar-refractivity contribution in [2.24, 2.45) is 11.8 Å². The van der Waals surface area contributed by atoms with Crippen LogP contribution in [0.2, 0.25) is 0 Å². The molecule has 1 heterocycles. The SMILES string of the molecule is CCC[C@H](C)[C@@H](C(=O)O)C1(C)CCc2c(C)c(OCc3ccccc3)c(C)c(C)c2O1. The number of hydrogen-bond acceptors (Lipinski definition) is 3. The van der Waals surface area contributed by atoms with E-state index < -0.39 is 17.5 Å². The van der Waals surface area contributed by atoms with Crippen molar-refractivity contribution < 1.29 is 19.4 Å². The number of carboxylic acid groups (broad SMARTS) is 1. The van der Waals surface area contributed by atoms with E-state index in [-0.39, 0.29) is 5.92 Å². The van der Waals surface area contributed by atoms with Gasteiger partial charge in [-0.25, -0.2) is 0 Å². The Hall–Kier alpha value is -2.49. The third-order valence-corrected chi connectivity index (χ3v) is 6.98. The zero-order chi connectivity index (χ0) is 22.8. The van der Waals surface area contributed by atoms with E-state index in [4.69, 9.17) is 9.47 Å². The number of ether oxygens (including phenoxy) is 2. The highest BCUT2D eigenvalue weighted by atomic mass is 16.5. The highest BCUT2D eigenvalue weighted by Crippen LogP contribution is 2.47. The van der Waals surface area contributed by atoms with Gasteiger partial charge in [0.2, 0.25) is 0 Å². The second-order valence-corrected chi connectivity index (χ2v) is 9.28. The zero-order valence-corrected chi connectivity index (χ0v) is 19.7. The minimum absolute atomic E-state index is 0.0602. The molecule has 0 spiro atoms. The van der Waals surface area contributed by atoms with Crippen LogP contribution < -0.4 is 9.47 Å². The summed E-state index contributed by atoms with van der Waals surface area (Å²) in [4.78, 5) is 12.2. The Morgan fingerprint density at radius 1 is 1.16 bits per heavy atom. The normalized spacial score (nSPS) is 19.8. The number of benzene rings is 2. The molecule has 2 aromatic carbocycles. The molecule has 4 heteroatoms. The van der Waals surface area contributed by atoms with Gasteiger partial charge in [0, 0.05) is 5.56 Å². The van der Waals surface area contributed by atoms with Gasteiger partial charge in [0.15, 0.2) is 0 Å². The zero-order valence-electron chi connectivity index (χ0n) is 19.7. The summed E-state index contributed by atoms with van der Waals surface area (Å²) in [7, 11) is 0. The van der Waals surface area contributed by atoms with Crippen molar-refractivity contribution in [1.29, 1.82) is 0 Å². The second-order valence-electron chi connectivity index (χ2n) is 9.28. The van der Waals surface area contributed by atoms with E-state index in [2.05, 4.69) is 39.8 Å². The number of fused-ring (bicyclic) bond motifs is 1. The van der Waals surface area contributed by atoms with Gasteiger partial charge in [-0.1, -0.05) is 50.6 Å². The van der Waals surface area contributed by atoms with Gasteiger partial charge in [-0.05, 0) is 75.1 Å². The maximum absolute atomic E-state index is 12.2. The highest BCUT2D eigenvalue weighted by Gasteiger charge is 2.47. The van der Waals surface area contributed by atoms with E-state index in [0.29, 0.717) is 13.0 Å². The molecule has 0 aromatic heterocycles. The molecule has 0 amide bonds. The maximum atomic E-state index is 12.2. The fourth-order valence-corrected chi connectivity index (χ4v) is 5.15. The number of hydrogen-bond donors (Lipinski definition) is 1. The third-order valence-electron chi connectivity index (χ3n) is 6.98. The van der Waals surface area contributed by atoms with E-state index in [1.807, 2.05) is 32.0 Å². The molecule has 3 rings (SSSR count).